The lowest BCUT2D eigenvalue weighted by atomic mass is 10.1. The normalized spacial score (nSPS) is 19.4. The molecule has 1 aromatic rings. The summed E-state index contributed by atoms with van der Waals surface area (Å²) in [5.74, 6) is -1.19. The summed E-state index contributed by atoms with van der Waals surface area (Å²) in [7, 11) is 0. The molecule has 0 radical (unpaired) electrons. The zero-order chi connectivity index (χ0) is 13.6. The van der Waals surface area contributed by atoms with Crippen LogP contribution in [0.1, 0.15) is 12.5 Å². The van der Waals surface area contributed by atoms with Crippen LogP contribution in [-0.2, 0) is 11.2 Å². The number of hydrogen-bond acceptors (Lipinski definition) is 3. The van der Waals surface area contributed by atoms with Gasteiger partial charge in [0, 0.05) is 6.42 Å². The third kappa shape index (κ3) is 2.12. The lowest BCUT2D eigenvalue weighted by Crippen LogP contribution is -2.52. The molecule has 0 bridgehead atoms. The Morgan fingerprint density at radius 2 is 1.67 bits per heavy atom. The van der Waals surface area contributed by atoms with Crippen molar-refractivity contribution >= 4 is 5.78 Å². The Labute approximate surface area is 99.3 Å². The molecule has 2 rings (SSSR count). The maximum Gasteiger partial charge on any atom is 0.507 e. The topological polar surface area (TPSA) is 35.5 Å². The van der Waals surface area contributed by atoms with Crippen LogP contribution in [0.15, 0.2) is 18.2 Å². The number of Topliss-reactive ketones (excluding diaryl/α,β-unsaturated/α-hetero) is 1. The zero-order valence-electron chi connectivity index (χ0n) is 9.18. The number of carbonyl (C=O) groups excluding carboxylic acids is 1. The van der Waals surface area contributed by atoms with Crippen molar-refractivity contribution in [3.63, 3.8) is 0 Å². The molecule has 7 heteroatoms. The minimum Gasteiger partial charge on any atom is -0.421 e. The smallest absolute Gasteiger partial charge is 0.421 e. The van der Waals surface area contributed by atoms with E-state index in [1.54, 1.807) is 0 Å². The third-order valence-electron chi connectivity index (χ3n) is 2.28. The number of ketones is 1. The fourth-order valence-corrected chi connectivity index (χ4v) is 1.51. The summed E-state index contributed by atoms with van der Waals surface area (Å²) in [5, 5.41) is 0. The number of alkyl halides is 4. The summed E-state index contributed by atoms with van der Waals surface area (Å²) < 4.78 is 59.3. The van der Waals surface area contributed by atoms with Crippen LogP contribution in [0.25, 0.3) is 0 Å². The van der Waals surface area contributed by atoms with Gasteiger partial charge in [0.15, 0.2) is 11.5 Å². The van der Waals surface area contributed by atoms with E-state index in [-0.39, 0.29) is 12.2 Å². The highest BCUT2D eigenvalue weighted by atomic mass is 19.3. The summed E-state index contributed by atoms with van der Waals surface area (Å²) in [5.41, 5.74) is 0.380. The summed E-state index contributed by atoms with van der Waals surface area (Å²) >= 11 is 0. The molecule has 0 unspecified atom stereocenters. The standard InChI is InChI=1S/C11H8F4O3/c1-6(16)4-7-2-3-8-9(5-7)18-11(14,15)10(12,13)17-8/h2-3,5H,4H2,1H3. The number of fused-ring (bicyclic) bond motifs is 1. The molecule has 1 aliphatic rings. The van der Waals surface area contributed by atoms with Gasteiger partial charge in [0.05, 0.1) is 0 Å². The van der Waals surface area contributed by atoms with Crippen LogP contribution in [0.3, 0.4) is 0 Å². The molecule has 1 heterocycles. The lowest BCUT2D eigenvalue weighted by Gasteiger charge is -2.31. The molecule has 0 amide bonds. The summed E-state index contributed by atoms with van der Waals surface area (Å²) in [4.78, 5) is 10.9. The molecular formula is C11H8F4O3. The molecule has 0 saturated heterocycles. The van der Waals surface area contributed by atoms with E-state index in [1.165, 1.54) is 13.0 Å². The number of benzene rings is 1. The van der Waals surface area contributed by atoms with Crippen molar-refractivity contribution in [2.75, 3.05) is 0 Å². The summed E-state index contributed by atoms with van der Waals surface area (Å²) in [6.07, 6.45) is -9.46. The van der Waals surface area contributed by atoms with E-state index in [0.29, 0.717) is 5.56 Å². The van der Waals surface area contributed by atoms with Crippen LogP contribution in [-0.4, -0.2) is 18.0 Å². The predicted octanol–water partition coefficient (Wildman–Crippen LogP) is 2.77. The number of hydrogen-bond donors (Lipinski definition) is 0. The number of halogens is 4. The second-order valence-corrected chi connectivity index (χ2v) is 3.90. The van der Waals surface area contributed by atoms with Crippen LogP contribution in [0, 0.1) is 0 Å². The van der Waals surface area contributed by atoms with E-state index in [2.05, 4.69) is 9.47 Å². The average molecular weight is 264 g/mol. The van der Waals surface area contributed by atoms with Crippen LogP contribution in [0.5, 0.6) is 11.5 Å². The second kappa shape index (κ2) is 3.86. The number of ether oxygens (including phenoxy) is 2. The molecule has 1 aromatic carbocycles. The Hall–Kier alpha value is -1.79. The van der Waals surface area contributed by atoms with Gasteiger partial charge in [0.25, 0.3) is 0 Å². The highest BCUT2D eigenvalue weighted by Crippen LogP contribution is 2.46. The molecule has 0 saturated carbocycles. The molecule has 1 aliphatic heterocycles. The van der Waals surface area contributed by atoms with E-state index in [9.17, 15) is 22.4 Å². The van der Waals surface area contributed by atoms with Crippen molar-refractivity contribution in [3.8, 4) is 11.5 Å². The Morgan fingerprint density at radius 3 is 2.22 bits per heavy atom. The Kier molecular flexibility index (Phi) is 2.71. The van der Waals surface area contributed by atoms with Crippen molar-refractivity contribution in [1.82, 2.24) is 0 Å². The molecule has 3 nitrogen and oxygen atoms in total. The zero-order valence-corrected chi connectivity index (χ0v) is 9.18. The fourth-order valence-electron chi connectivity index (χ4n) is 1.51. The van der Waals surface area contributed by atoms with Gasteiger partial charge < -0.3 is 9.47 Å². The second-order valence-electron chi connectivity index (χ2n) is 3.90. The molecule has 0 aromatic heterocycles. The predicted molar refractivity (Wildman–Crippen MR) is 52.0 cm³/mol. The lowest BCUT2D eigenvalue weighted by molar-refractivity contribution is -0.391. The minimum absolute atomic E-state index is 0.00138. The first-order valence-corrected chi connectivity index (χ1v) is 4.97. The summed E-state index contributed by atoms with van der Waals surface area (Å²) in [6, 6.07) is 3.49. The quantitative estimate of drug-likeness (QED) is 0.770. The van der Waals surface area contributed by atoms with Gasteiger partial charge in [-0.1, -0.05) is 6.07 Å². The maximum atomic E-state index is 12.9. The van der Waals surface area contributed by atoms with E-state index in [0.717, 1.165) is 12.1 Å². The van der Waals surface area contributed by atoms with E-state index in [4.69, 9.17) is 0 Å². The van der Waals surface area contributed by atoms with Crippen molar-refractivity contribution in [3.05, 3.63) is 23.8 Å². The molecule has 0 N–H and O–H groups in total. The Balaban J connectivity index is 2.36. The molecule has 0 fully saturated rings. The molecule has 0 spiro atoms. The highest BCUT2D eigenvalue weighted by Gasteiger charge is 2.65. The molecular weight excluding hydrogens is 256 g/mol. The van der Waals surface area contributed by atoms with Gasteiger partial charge in [-0.25, -0.2) is 0 Å². The summed E-state index contributed by atoms with van der Waals surface area (Å²) in [6.45, 7) is 1.32. The van der Waals surface area contributed by atoms with Crippen LogP contribution in [0.2, 0.25) is 0 Å². The number of carbonyl (C=O) groups is 1. The Bertz CT molecular complexity index is 499. The Morgan fingerprint density at radius 1 is 1.11 bits per heavy atom. The van der Waals surface area contributed by atoms with Gasteiger partial charge >= 0.3 is 12.2 Å². The van der Waals surface area contributed by atoms with Gasteiger partial charge in [-0.05, 0) is 24.6 Å². The van der Waals surface area contributed by atoms with Crippen molar-refractivity contribution in [1.29, 1.82) is 0 Å². The molecule has 0 aliphatic carbocycles. The van der Waals surface area contributed by atoms with Crippen LogP contribution in [0.4, 0.5) is 17.6 Å². The minimum atomic E-state index is -4.74. The fraction of sp³-hybridized carbons (Fsp3) is 0.364. The van der Waals surface area contributed by atoms with Crippen molar-refractivity contribution < 1.29 is 31.8 Å². The van der Waals surface area contributed by atoms with Crippen LogP contribution < -0.4 is 9.47 Å². The van der Waals surface area contributed by atoms with Gasteiger partial charge in [-0.3, -0.25) is 4.79 Å². The first-order valence-electron chi connectivity index (χ1n) is 4.97. The van der Waals surface area contributed by atoms with Gasteiger partial charge in [-0.2, -0.15) is 17.6 Å². The average Bonchev–Trinajstić information content (AvgIpc) is 2.18. The first kappa shape index (κ1) is 12.7. The SMILES string of the molecule is CC(=O)Cc1ccc2c(c1)OC(F)(F)C(F)(F)O2. The molecule has 98 valence electrons. The van der Waals surface area contributed by atoms with Gasteiger partial charge in [0.1, 0.15) is 5.78 Å². The van der Waals surface area contributed by atoms with Gasteiger partial charge in [0.2, 0.25) is 0 Å². The van der Waals surface area contributed by atoms with E-state index in [1.807, 2.05) is 0 Å². The monoisotopic (exact) mass is 264 g/mol. The van der Waals surface area contributed by atoms with Crippen molar-refractivity contribution in [2.24, 2.45) is 0 Å². The van der Waals surface area contributed by atoms with Crippen molar-refractivity contribution in [2.45, 2.75) is 25.6 Å². The molecule has 0 atom stereocenters. The first-order chi connectivity index (χ1) is 8.21. The van der Waals surface area contributed by atoms with Crippen LogP contribution >= 0.6 is 0 Å². The van der Waals surface area contributed by atoms with Gasteiger partial charge in [-0.15, -0.1) is 0 Å². The molecule has 18 heavy (non-hydrogen) atoms. The third-order valence-corrected chi connectivity index (χ3v) is 2.28. The largest absolute Gasteiger partial charge is 0.507 e. The highest BCUT2D eigenvalue weighted by molar-refractivity contribution is 5.78. The van der Waals surface area contributed by atoms with E-state index < -0.39 is 23.7 Å². The van der Waals surface area contributed by atoms with E-state index >= 15 is 0 Å². The number of rotatable bonds is 2. The maximum absolute atomic E-state index is 12.9.